The SMILES string of the molecule is COC(=O)c1ccc(C(=O)Oc2ccc3c(c2)C2(COc4ccc(OC(=O)Oc5ccc6c(c5)C5(COc7ccc(C)cc75)CO6)cc42)CO3)cc1. The maximum Gasteiger partial charge on any atom is 0.519 e. The highest BCUT2D eigenvalue weighted by atomic mass is 16.7. The van der Waals surface area contributed by atoms with Gasteiger partial charge in [-0.1, -0.05) is 17.7 Å². The Morgan fingerprint density at radius 3 is 1.33 bits per heavy atom. The third kappa shape index (κ3) is 4.99. The van der Waals surface area contributed by atoms with Gasteiger partial charge < -0.3 is 37.9 Å². The van der Waals surface area contributed by atoms with Crippen LogP contribution >= 0.6 is 0 Å². The number of rotatable bonds is 5. The molecule has 2 unspecified atom stereocenters. The Kier molecular flexibility index (Phi) is 7.14. The Morgan fingerprint density at radius 2 is 0.885 bits per heavy atom. The first kappa shape index (κ1) is 31.5. The Labute approximate surface area is 297 Å². The van der Waals surface area contributed by atoms with Gasteiger partial charge in [0.05, 0.1) is 29.1 Å². The smallest absolute Gasteiger partial charge is 0.492 e. The zero-order valence-corrected chi connectivity index (χ0v) is 28.1. The second-order valence-electron chi connectivity index (χ2n) is 13.2. The number of hydrogen-bond acceptors (Lipinski definition) is 11. The highest BCUT2D eigenvalue weighted by molar-refractivity contribution is 5.94. The number of aryl methyl sites for hydroxylation is 1. The molecule has 0 fully saturated rings. The quantitative estimate of drug-likeness (QED) is 0.110. The Balaban J connectivity index is 0.930. The number of carbonyl (C=O) groups excluding carboxylic acids is 3. The van der Waals surface area contributed by atoms with Crippen LogP contribution < -0.4 is 33.2 Å². The number of hydrogen-bond donors (Lipinski definition) is 0. The van der Waals surface area contributed by atoms with Gasteiger partial charge in [-0.2, -0.15) is 0 Å². The number of esters is 2. The average Bonchev–Trinajstić information content (AvgIpc) is 3.93. The second kappa shape index (κ2) is 11.8. The van der Waals surface area contributed by atoms with E-state index in [-0.39, 0.29) is 24.5 Å². The van der Waals surface area contributed by atoms with E-state index in [0.29, 0.717) is 47.5 Å². The van der Waals surface area contributed by atoms with Crippen molar-refractivity contribution in [3.63, 3.8) is 0 Å². The zero-order valence-electron chi connectivity index (χ0n) is 28.1. The van der Waals surface area contributed by atoms with Gasteiger partial charge in [0, 0.05) is 22.3 Å². The van der Waals surface area contributed by atoms with Crippen molar-refractivity contribution in [2.24, 2.45) is 0 Å². The number of methoxy groups -OCH3 is 1. The fourth-order valence-electron chi connectivity index (χ4n) is 7.40. The molecule has 0 bridgehead atoms. The molecular formula is C41H30O11. The molecule has 0 saturated heterocycles. The van der Waals surface area contributed by atoms with Gasteiger partial charge in [-0.05, 0) is 91.9 Å². The van der Waals surface area contributed by atoms with Crippen LogP contribution in [0.2, 0.25) is 0 Å². The van der Waals surface area contributed by atoms with Crippen LogP contribution in [0, 0.1) is 6.92 Å². The van der Waals surface area contributed by atoms with E-state index in [1.807, 2.05) is 25.1 Å². The summed E-state index contributed by atoms with van der Waals surface area (Å²) < 4.78 is 46.0. The molecule has 52 heavy (non-hydrogen) atoms. The lowest BCUT2D eigenvalue weighted by Crippen LogP contribution is -2.31. The summed E-state index contributed by atoms with van der Waals surface area (Å²) in [4.78, 5) is 37.9. The monoisotopic (exact) mass is 698 g/mol. The topological polar surface area (TPSA) is 125 Å². The summed E-state index contributed by atoms with van der Waals surface area (Å²) in [6.45, 7) is 3.42. The molecule has 2 atom stereocenters. The van der Waals surface area contributed by atoms with E-state index in [2.05, 4.69) is 6.07 Å². The molecule has 5 aromatic rings. The van der Waals surface area contributed by atoms with Gasteiger partial charge >= 0.3 is 18.1 Å². The summed E-state index contributed by atoms with van der Waals surface area (Å²) in [7, 11) is 1.29. The van der Waals surface area contributed by atoms with Crippen LogP contribution in [0.3, 0.4) is 0 Å². The molecular weight excluding hydrogens is 668 g/mol. The van der Waals surface area contributed by atoms with Gasteiger partial charge in [0.2, 0.25) is 0 Å². The van der Waals surface area contributed by atoms with Gasteiger partial charge in [-0.3, -0.25) is 0 Å². The molecule has 4 heterocycles. The summed E-state index contributed by atoms with van der Waals surface area (Å²) in [5.41, 5.74) is 3.92. The van der Waals surface area contributed by atoms with Gasteiger partial charge in [0.25, 0.3) is 0 Å². The number of benzene rings is 5. The molecule has 0 amide bonds. The normalized spacial score (nSPS) is 19.7. The predicted molar refractivity (Wildman–Crippen MR) is 183 cm³/mol. The van der Waals surface area contributed by atoms with E-state index in [1.54, 1.807) is 48.5 Å². The summed E-state index contributed by atoms with van der Waals surface area (Å²) >= 11 is 0. The third-order valence-electron chi connectivity index (χ3n) is 10.1. The molecule has 260 valence electrons. The largest absolute Gasteiger partial charge is 0.519 e. The lowest BCUT2D eigenvalue weighted by atomic mass is 9.77. The van der Waals surface area contributed by atoms with E-state index in [0.717, 1.165) is 33.6 Å². The molecule has 9 rings (SSSR count). The Hall–Kier alpha value is -6.49. The zero-order chi connectivity index (χ0) is 35.6. The number of fused-ring (bicyclic) bond motifs is 8. The first-order valence-corrected chi connectivity index (χ1v) is 16.6. The lowest BCUT2D eigenvalue weighted by molar-refractivity contribution is 0.0599. The van der Waals surface area contributed by atoms with Crippen molar-refractivity contribution in [2.45, 2.75) is 17.8 Å². The highest BCUT2D eigenvalue weighted by Crippen LogP contribution is 2.53. The van der Waals surface area contributed by atoms with E-state index < -0.39 is 28.9 Å². The maximum atomic E-state index is 13.2. The van der Waals surface area contributed by atoms with Crippen LogP contribution in [0.5, 0.6) is 40.2 Å². The van der Waals surface area contributed by atoms with Gasteiger partial charge in [0.1, 0.15) is 66.7 Å². The van der Waals surface area contributed by atoms with Gasteiger partial charge in [-0.25, -0.2) is 14.4 Å². The fourth-order valence-corrected chi connectivity index (χ4v) is 7.40. The fraction of sp³-hybridized carbons (Fsp3) is 0.195. The molecule has 0 saturated carbocycles. The lowest BCUT2D eigenvalue weighted by Gasteiger charge is -2.21. The van der Waals surface area contributed by atoms with Crippen LogP contribution in [-0.2, 0) is 15.6 Å². The van der Waals surface area contributed by atoms with Crippen molar-refractivity contribution < 1.29 is 52.3 Å². The van der Waals surface area contributed by atoms with E-state index in [4.69, 9.17) is 37.9 Å². The Morgan fingerprint density at radius 1 is 0.500 bits per heavy atom. The van der Waals surface area contributed by atoms with Crippen LogP contribution in [0.1, 0.15) is 48.5 Å². The van der Waals surface area contributed by atoms with Crippen molar-refractivity contribution >= 4 is 18.1 Å². The minimum absolute atomic E-state index is 0.259. The van der Waals surface area contributed by atoms with Crippen molar-refractivity contribution in [2.75, 3.05) is 33.5 Å². The van der Waals surface area contributed by atoms with Crippen LogP contribution in [0.15, 0.2) is 97.1 Å². The second-order valence-corrected chi connectivity index (χ2v) is 13.2. The van der Waals surface area contributed by atoms with Crippen LogP contribution in [-0.4, -0.2) is 51.6 Å². The van der Waals surface area contributed by atoms with Crippen molar-refractivity contribution in [3.05, 3.63) is 136 Å². The molecule has 2 spiro atoms. The maximum absolute atomic E-state index is 13.2. The first-order valence-electron chi connectivity index (χ1n) is 16.6. The first-order chi connectivity index (χ1) is 25.2. The van der Waals surface area contributed by atoms with E-state index in [1.165, 1.54) is 31.4 Å². The standard InChI is InChI=1S/C41H30O11/c1-23-3-11-33-29(15-23)40(19-46-33)20-47-35-13-9-27(17-31(35)40)51-39(44)52-28-10-14-36-32(18-28)41(22-49-36)21-48-34-12-8-26(16-30(34)41)50-38(43)25-6-4-24(5-7-25)37(42)45-2/h3-18H,19-22H2,1-2H3. The summed E-state index contributed by atoms with van der Waals surface area (Å²) in [5.74, 6) is 2.55. The van der Waals surface area contributed by atoms with E-state index in [9.17, 15) is 14.4 Å². The molecule has 11 heteroatoms. The Bertz CT molecular complexity index is 2310. The summed E-state index contributed by atoms with van der Waals surface area (Å²) in [6.07, 6.45) is -0.906. The van der Waals surface area contributed by atoms with Crippen LogP contribution in [0.4, 0.5) is 4.79 Å². The molecule has 4 aliphatic heterocycles. The molecule has 0 aromatic heterocycles. The molecule has 0 aliphatic carbocycles. The summed E-state index contributed by atoms with van der Waals surface area (Å²) in [5, 5.41) is 0. The minimum Gasteiger partial charge on any atom is -0.492 e. The van der Waals surface area contributed by atoms with Gasteiger partial charge in [-0.15, -0.1) is 0 Å². The molecule has 4 aliphatic rings. The van der Waals surface area contributed by atoms with E-state index >= 15 is 0 Å². The van der Waals surface area contributed by atoms with Crippen molar-refractivity contribution in [1.29, 1.82) is 0 Å². The third-order valence-corrected chi connectivity index (χ3v) is 10.1. The minimum atomic E-state index is -0.906. The van der Waals surface area contributed by atoms with Crippen molar-refractivity contribution in [3.8, 4) is 40.2 Å². The molecule has 5 aromatic carbocycles. The highest BCUT2D eigenvalue weighted by Gasteiger charge is 2.50. The average molecular weight is 699 g/mol. The van der Waals surface area contributed by atoms with Crippen molar-refractivity contribution in [1.82, 2.24) is 0 Å². The molecule has 0 radical (unpaired) electrons. The van der Waals surface area contributed by atoms with Gasteiger partial charge in [0.15, 0.2) is 0 Å². The summed E-state index contributed by atoms with van der Waals surface area (Å²) in [6, 6.07) is 27.6. The number of carbonyl (C=O) groups is 3. The predicted octanol–water partition coefficient (Wildman–Crippen LogP) is 6.72. The molecule has 0 N–H and O–H groups in total. The number of ether oxygens (including phenoxy) is 8. The molecule has 11 nitrogen and oxygen atoms in total. The van der Waals surface area contributed by atoms with Crippen LogP contribution in [0.25, 0.3) is 0 Å².